The van der Waals surface area contributed by atoms with Crippen LogP contribution in [0.1, 0.15) is 31.9 Å². The smallest absolute Gasteiger partial charge is 0.227 e. The van der Waals surface area contributed by atoms with Gasteiger partial charge in [-0.2, -0.15) is 4.98 Å². The number of aromatic nitrogens is 3. The zero-order chi connectivity index (χ0) is 14.9. The molecule has 1 heterocycles. The minimum Gasteiger partial charge on any atom is -0.350 e. The molecule has 0 atom stereocenters. The number of anilines is 1. The van der Waals surface area contributed by atoms with Crippen LogP contribution in [0.4, 0.5) is 5.95 Å². The van der Waals surface area contributed by atoms with Crippen molar-refractivity contribution in [1.82, 2.24) is 14.5 Å². The Morgan fingerprint density at radius 1 is 1.15 bits per heavy atom. The van der Waals surface area contributed by atoms with Gasteiger partial charge in [-0.05, 0) is 58.0 Å². The summed E-state index contributed by atoms with van der Waals surface area (Å²) in [7, 11) is 0. The van der Waals surface area contributed by atoms with Crippen molar-refractivity contribution in [3.05, 3.63) is 40.4 Å². The Labute approximate surface area is 124 Å². The Morgan fingerprint density at radius 3 is 2.25 bits per heavy atom. The van der Waals surface area contributed by atoms with Crippen molar-refractivity contribution in [2.24, 2.45) is 0 Å². The van der Waals surface area contributed by atoms with Crippen molar-refractivity contribution in [3.8, 4) is 5.69 Å². The first-order valence-electron chi connectivity index (χ1n) is 6.58. The fourth-order valence-corrected chi connectivity index (χ4v) is 2.29. The van der Waals surface area contributed by atoms with Crippen LogP contribution in [0.2, 0.25) is 0 Å². The van der Waals surface area contributed by atoms with E-state index in [1.807, 2.05) is 10.6 Å². The van der Waals surface area contributed by atoms with Crippen molar-refractivity contribution in [2.75, 3.05) is 5.32 Å². The SMILES string of the molecule is Cc1cccc(C)c1-n1cnc(NC(C)(C)C)nc1=S. The molecule has 2 aromatic rings. The second-order valence-electron chi connectivity index (χ2n) is 5.95. The Bertz CT molecular complexity index is 663. The predicted octanol–water partition coefficient (Wildman–Crippen LogP) is 3.82. The van der Waals surface area contributed by atoms with E-state index in [1.54, 1.807) is 6.33 Å². The molecule has 1 N–H and O–H groups in total. The molecule has 1 aromatic carbocycles. The molecule has 0 saturated heterocycles. The van der Waals surface area contributed by atoms with Gasteiger partial charge in [-0.3, -0.25) is 4.57 Å². The number of aryl methyl sites for hydroxylation is 2. The van der Waals surface area contributed by atoms with Crippen LogP contribution in [0.25, 0.3) is 5.69 Å². The number of hydrogen-bond acceptors (Lipinski definition) is 4. The molecule has 0 spiro atoms. The average molecular weight is 288 g/mol. The van der Waals surface area contributed by atoms with Crippen LogP contribution < -0.4 is 5.32 Å². The maximum atomic E-state index is 5.40. The molecule has 0 aliphatic carbocycles. The van der Waals surface area contributed by atoms with E-state index in [2.05, 4.69) is 62.0 Å². The van der Waals surface area contributed by atoms with Gasteiger partial charge in [-0.15, -0.1) is 0 Å². The summed E-state index contributed by atoms with van der Waals surface area (Å²) in [5, 5.41) is 3.23. The number of rotatable bonds is 2. The Hall–Kier alpha value is -1.75. The lowest BCUT2D eigenvalue weighted by Crippen LogP contribution is -2.27. The molecule has 1 aromatic heterocycles. The monoisotopic (exact) mass is 288 g/mol. The van der Waals surface area contributed by atoms with Crippen molar-refractivity contribution in [3.63, 3.8) is 0 Å². The predicted molar refractivity (Wildman–Crippen MR) is 85.0 cm³/mol. The quantitative estimate of drug-likeness (QED) is 0.853. The normalized spacial score (nSPS) is 11.4. The summed E-state index contributed by atoms with van der Waals surface area (Å²) in [6.07, 6.45) is 1.73. The van der Waals surface area contributed by atoms with Crippen LogP contribution in [0, 0.1) is 18.6 Å². The van der Waals surface area contributed by atoms with Gasteiger partial charge in [-0.1, -0.05) is 18.2 Å². The molecule has 2 rings (SSSR count). The lowest BCUT2D eigenvalue weighted by atomic mass is 10.1. The zero-order valence-corrected chi connectivity index (χ0v) is 13.4. The first-order valence-corrected chi connectivity index (χ1v) is 6.99. The van der Waals surface area contributed by atoms with Crippen LogP contribution in [-0.2, 0) is 0 Å². The summed E-state index contributed by atoms with van der Waals surface area (Å²) in [5.74, 6) is 0.560. The number of hydrogen-bond donors (Lipinski definition) is 1. The van der Waals surface area contributed by atoms with Crippen molar-refractivity contribution < 1.29 is 0 Å². The molecular weight excluding hydrogens is 268 g/mol. The lowest BCUT2D eigenvalue weighted by molar-refractivity contribution is 0.623. The summed E-state index contributed by atoms with van der Waals surface area (Å²) in [6, 6.07) is 6.16. The highest BCUT2D eigenvalue weighted by atomic mass is 32.1. The van der Waals surface area contributed by atoms with E-state index in [0.29, 0.717) is 10.7 Å². The van der Waals surface area contributed by atoms with Crippen molar-refractivity contribution in [2.45, 2.75) is 40.2 Å². The minimum atomic E-state index is -0.0907. The molecule has 20 heavy (non-hydrogen) atoms. The van der Waals surface area contributed by atoms with Gasteiger partial charge in [0, 0.05) is 5.54 Å². The van der Waals surface area contributed by atoms with Crippen LogP contribution in [0.15, 0.2) is 24.5 Å². The fraction of sp³-hybridized carbons (Fsp3) is 0.400. The van der Waals surface area contributed by atoms with Gasteiger partial charge >= 0.3 is 0 Å². The van der Waals surface area contributed by atoms with E-state index in [1.165, 1.54) is 0 Å². The van der Waals surface area contributed by atoms with E-state index in [0.717, 1.165) is 16.8 Å². The van der Waals surface area contributed by atoms with E-state index in [-0.39, 0.29) is 5.54 Å². The van der Waals surface area contributed by atoms with E-state index >= 15 is 0 Å². The van der Waals surface area contributed by atoms with Crippen molar-refractivity contribution in [1.29, 1.82) is 0 Å². The van der Waals surface area contributed by atoms with Crippen molar-refractivity contribution >= 4 is 18.2 Å². The van der Waals surface area contributed by atoms with Gasteiger partial charge in [0.15, 0.2) is 0 Å². The molecule has 0 radical (unpaired) electrons. The highest BCUT2D eigenvalue weighted by Crippen LogP contribution is 2.19. The molecule has 5 heteroatoms. The van der Waals surface area contributed by atoms with Gasteiger partial charge in [0.2, 0.25) is 10.7 Å². The number of benzene rings is 1. The van der Waals surface area contributed by atoms with Gasteiger partial charge in [0.25, 0.3) is 0 Å². The van der Waals surface area contributed by atoms with Gasteiger partial charge in [0.1, 0.15) is 6.33 Å². The molecule has 0 bridgehead atoms. The summed E-state index contributed by atoms with van der Waals surface area (Å²) in [6.45, 7) is 10.3. The Morgan fingerprint density at radius 2 is 1.75 bits per heavy atom. The third kappa shape index (κ3) is 3.22. The first-order chi connectivity index (χ1) is 9.28. The maximum absolute atomic E-state index is 5.40. The molecule has 0 unspecified atom stereocenters. The second-order valence-corrected chi connectivity index (χ2v) is 6.31. The first kappa shape index (κ1) is 14.7. The number of para-hydroxylation sites is 1. The van der Waals surface area contributed by atoms with Crippen LogP contribution in [-0.4, -0.2) is 20.1 Å². The van der Waals surface area contributed by atoms with Crippen LogP contribution in [0.3, 0.4) is 0 Å². The van der Waals surface area contributed by atoms with Gasteiger partial charge in [-0.25, -0.2) is 4.98 Å². The molecule has 0 fully saturated rings. The summed E-state index contributed by atoms with van der Waals surface area (Å²) >= 11 is 5.40. The maximum Gasteiger partial charge on any atom is 0.227 e. The van der Waals surface area contributed by atoms with E-state index in [4.69, 9.17) is 12.2 Å². The van der Waals surface area contributed by atoms with Gasteiger partial charge in [0.05, 0.1) is 5.69 Å². The zero-order valence-electron chi connectivity index (χ0n) is 12.6. The third-order valence-electron chi connectivity index (χ3n) is 2.87. The molecule has 0 saturated carbocycles. The van der Waals surface area contributed by atoms with Gasteiger partial charge < -0.3 is 5.32 Å². The summed E-state index contributed by atoms with van der Waals surface area (Å²) in [5.41, 5.74) is 3.27. The fourth-order valence-electron chi connectivity index (χ4n) is 2.07. The van der Waals surface area contributed by atoms with Crippen LogP contribution in [0.5, 0.6) is 0 Å². The molecule has 0 amide bonds. The largest absolute Gasteiger partial charge is 0.350 e. The molecule has 106 valence electrons. The molecular formula is C15H20N4S. The highest BCUT2D eigenvalue weighted by Gasteiger charge is 2.12. The molecule has 4 nitrogen and oxygen atoms in total. The van der Waals surface area contributed by atoms with Crippen LogP contribution >= 0.6 is 12.2 Å². The minimum absolute atomic E-state index is 0.0907. The third-order valence-corrected chi connectivity index (χ3v) is 3.16. The lowest BCUT2D eigenvalue weighted by Gasteiger charge is -2.20. The van der Waals surface area contributed by atoms with E-state index in [9.17, 15) is 0 Å². The highest BCUT2D eigenvalue weighted by molar-refractivity contribution is 7.71. The standard InChI is InChI=1S/C15H20N4S/c1-10-7-6-8-11(2)12(10)19-9-16-13(17-14(19)20)18-15(3,4)5/h6-9H,1-5H3,(H,17,18,20). The topological polar surface area (TPSA) is 42.7 Å². The molecule has 0 aliphatic rings. The number of nitrogens with zero attached hydrogens (tertiary/aromatic N) is 3. The Balaban J connectivity index is 2.48. The van der Waals surface area contributed by atoms with E-state index < -0.39 is 0 Å². The number of nitrogens with one attached hydrogen (secondary N) is 1. The second kappa shape index (κ2) is 5.32. The summed E-state index contributed by atoms with van der Waals surface area (Å²) in [4.78, 5) is 8.73. The molecule has 0 aliphatic heterocycles. The Kier molecular flexibility index (Phi) is 3.90. The average Bonchev–Trinajstić information content (AvgIpc) is 2.29. The summed E-state index contributed by atoms with van der Waals surface area (Å²) < 4.78 is 2.36.